The molecule has 0 fully saturated rings. The van der Waals surface area contributed by atoms with Gasteiger partial charge in [0.2, 0.25) is 5.91 Å². The lowest BCUT2D eigenvalue weighted by atomic mass is 9.79. The molecule has 1 aliphatic rings. The molecule has 1 atom stereocenters. The molecule has 0 saturated heterocycles. The van der Waals surface area contributed by atoms with Gasteiger partial charge in [0.15, 0.2) is 0 Å². The monoisotopic (exact) mass is 289 g/mol. The Kier molecular flexibility index (Phi) is 4.35. The number of benzene rings is 1. The molecule has 0 N–H and O–H groups in total. The fourth-order valence-electron chi connectivity index (χ4n) is 2.72. The lowest BCUT2D eigenvalue weighted by Gasteiger charge is -2.31. The largest absolute Gasteiger partial charge is 0.465 e. The summed E-state index contributed by atoms with van der Waals surface area (Å²) in [5, 5.41) is 0. The first-order valence-corrected chi connectivity index (χ1v) is 7.36. The fraction of sp³-hybridized carbons (Fsp3) is 0.529. The van der Waals surface area contributed by atoms with Crippen molar-refractivity contribution < 1.29 is 14.3 Å². The van der Waals surface area contributed by atoms with Crippen LogP contribution in [0.4, 0.5) is 0 Å². The standard InChI is InChI=1S/C17H23NO3/c1-5-21-16(20)14(17(2,3)4)15(19)18-10-12-8-6-7-9-13(12)11-18/h6-9,14H,5,10-11H2,1-4H3. The topological polar surface area (TPSA) is 46.6 Å². The van der Waals surface area contributed by atoms with Crippen LogP contribution >= 0.6 is 0 Å². The Morgan fingerprint density at radius 2 is 1.71 bits per heavy atom. The van der Waals surface area contributed by atoms with Crippen LogP contribution in [0.1, 0.15) is 38.8 Å². The molecule has 0 saturated carbocycles. The van der Waals surface area contributed by atoms with Crippen LogP contribution in [0, 0.1) is 11.3 Å². The van der Waals surface area contributed by atoms with Crippen LogP contribution in [0.3, 0.4) is 0 Å². The van der Waals surface area contributed by atoms with E-state index in [0.29, 0.717) is 19.7 Å². The Balaban J connectivity index is 2.19. The highest BCUT2D eigenvalue weighted by Crippen LogP contribution is 2.32. The van der Waals surface area contributed by atoms with Crippen molar-refractivity contribution in [3.63, 3.8) is 0 Å². The van der Waals surface area contributed by atoms with E-state index in [1.165, 1.54) is 0 Å². The zero-order valence-corrected chi connectivity index (χ0v) is 13.2. The summed E-state index contributed by atoms with van der Waals surface area (Å²) in [6.45, 7) is 8.88. The molecular formula is C17H23NO3. The minimum Gasteiger partial charge on any atom is -0.465 e. The number of rotatable bonds is 3. The van der Waals surface area contributed by atoms with E-state index in [9.17, 15) is 9.59 Å². The highest BCUT2D eigenvalue weighted by molar-refractivity contribution is 5.98. The maximum atomic E-state index is 12.8. The van der Waals surface area contributed by atoms with Crippen molar-refractivity contribution in [2.45, 2.75) is 40.8 Å². The van der Waals surface area contributed by atoms with Crippen molar-refractivity contribution >= 4 is 11.9 Å². The third-order valence-electron chi connectivity index (χ3n) is 3.79. The van der Waals surface area contributed by atoms with E-state index >= 15 is 0 Å². The molecule has 1 aliphatic heterocycles. The van der Waals surface area contributed by atoms with Crippen LogP contribution in [-0.4, -0.2) is 23.4 Å². The van der Waals surface area contributed by atoms with E-state index in [4.69, 9.17) is 4.74 Å². The molecular weight excluding hydrogens is 266 g/mol. The second-order valence-electron chi connectivity index (χ2n) is 6.51. The summed E-state index contributed by atoms with van der Waals surface area (Å²) in [5.74, 6) is -1.32. The van der Waals surface area contributed by atoms with Crippen LogP contribution in [-0.2, 0) is 27.4 Å². The molecule has 1 heterocycles. The van der Waals surface area contributed by atoms with Crippen LogP contribution < -0.4 is 0 Å². The minimum atomic E-state index is -0.758. The molecule has 1 unspecified atom stereocenters. The Morgan fingerprint density at radius 1 is 1.19 bits per heavy atom. The first-order chi connectivity index (χ1) is 9.84. The number of carbonyl (C=O) groups is 2. The zero-order chi connectivity index (χ0) is 15.6. The van der Waals surface area contributed by atoms with Gasteiger partial charge in [0.25, 0.3) is 0 Å². The zero-order valence-electron chi connectivity index (χ0n) is 13.2. The van der Waals surface area contributed by atoms with Crippen LogP contribution in [0.5, 0.6) is 0 Å². The molecule has 114 valence electrons. The molecule has 0 aliphatic carbocycles. The highest BCUT2D eigenvalue weighted by Gasteiger charge is 2.42. The van der Waals surface area contributed by atoms with Crippen LogP contribution in [0.15, 0.2) is 24.3 Å². The SMILES string of the molecule is CCOC(=O)C(C(=O)N1Cc2ccccc2C1)C(C)(C)C. The molecule has 1 aromatic rings. The number of esters is 1. The van der Waals surface area contributed by atoms with E-state index in [-0.39, 0.29) is 5.91 Å². The van der Waals surface area contributed by atoms with Gasteiger partial charge in [0.05, 0.1) is 6.61 Å². The van der Waals surface area contributed by atoms with Gasteiger partial charge in [0.1, 0.15) is 5.92 Å². The number of carbonyl (C=O) groups excluding carboxylic acids is 2. The van der Waals surface area contributed by atoms with Gasteiger partial charge in [-0.2, -0.15) is 0 Å². The van der Waals surface area contributed by atoms with Crippen molar-refractivity contribution in [1.29, 1.82) is 0 Å². The van der Waals surface area contributed by atoms with Gasteiger partial charge >= 0.3 is 5.97 Å². The van der Waals surface area contributed by atoms with Gasteiger partial charge < -0.3 is 9.64 Å². The summed E-state index contributed by atoms with van der Waals surface area (Å²) in [6, 6.07) is 8.00. The summed E-state index contributed by atoms with van der Waals surface area (Å²) in [7, 11) is 0. The van der Waals surface area contributed by atoms with Gasteiger partial charge in [0, 0.05) is 13.1 Å². The molecule has 0 aromatic heterocycles. The summed E-state index contributed by atoms with van der Waals surface area (Å²) < 4.78 is 5.10. The Hall–Kier alpha value is -1.84. The van der Waals surface area contributed by atoms with Crippen molar-refractivity contribution in [3.8, 4) is 0 Å². The highest BCUT2D eigenvalue weighted by atomic mass is 16.5. The number of hydrogen-bond donors (Lipinski definition) is 0. The normalized spacial score (nSPS) is 15.5. The molecule has 1 aromatic carbocycles. The van der Waals surface area contributed by atoms with Gasteiger partial charge in [-0.3, -0.25) is 9.59 Å². The van der Waals surface area contributed by atoms with Gasteiger partial charge in [-0.25, -0.2) is 0 Å². The lowest BCUT2D eigenvalue weighted by molar-refractivity contribution is -0.160. The van der Waals surface area contributed by atoms with Crippen molar-refractivity contribution in [2.24, 2.45) is 11.3 Å². The van der Waals surface area contributed by atoms with Gasteiger partial charge in [-0.05, 0) is 23.5 Å². The molecule has 4 heteroatoms. The Bertz CT molecular complexity index is 520. The quantitative estimate of drug-likeness (QED) is 0.635. The maximum Gasteiger partial charge on any atom is 0.319 e. The Labute approximate surface area is 126 Å². The third kappa shape index (κ3) is 3.26. The van der Waals surface area contributed by atoms with E-state index in [0.717, 1.165) is 11.1 Å². The predicted molar refractivity (Wildman–Crippen MR) is 80.3 cm³/mol. The van der Waals surface area contributed by atoms with Crippen LogP contribution in [0.2, 0.25) is 0 Å². The molecule has 21 heavy (non-hydrogen) atoms. The smallest absolute Gasteiger partial charge is 0.319 e. The van der Waals surface area contributed by atoms with Crippen molar-refractivity contribution in [2.75, 3.05) is 6.61 Å². The summed E-state index contributed by atoms with van der Waals surface area (Å²) in [6.07, 6.45) is 0. The van der Waals surface area contributed by atoms with Crippen molar-refractivity contribution in [3.05, 3.63) is 35.4 Å². The first-order valence-electron chi connectivity index (χ1n) is 7.36. The molecule has 0 spiro atoms. The number of hydrogen-bond acceptors (Lipinski definition) is 3. The second-order valence-corrected chi connectivity index (χ2v) is 6.51. The Morgan fingerprint density at radius 3 is 2.14 bits per heavy atom. The number of fused-ring (bicyclic) bond motifs is 1. The lowest BCUT2D eigenvalue weighted by Crippen LogP contribution is -2.44. The number of ether oxygens (including phenoxy) is 1. The van der Waals surface area contributed by atoms with Gasteiger partial charge in [-0.15, -0.1) is 0 Å². The minimum absolute atomic E-state index is 0.142. The van der Waals surface area contributed by atoms with Gasteiger partial charge in [-0.1, -0.05) is 45.0 Å². The van der Waals surface area contributed by atoms with E-state index in [2.05, 4.69) is 0 Å². The summed E-state index contributed by atoms with van der Waals surface area (Å²) in [4.78, 5) is 26.7. The molecule has 0 radical (unpaired) electrons. The van der Waals surface area contributed by atoms with Crippen LogP contribution in [0.25, 0.3) is 0 Å². The van der Waals surface area contributed by atoms with Crippen molar-refractivity contribution in [1.82, 2.24) is 4.90 Å². The summed E-state index contributed by atoms with van der Waals surface area (Å²) >= 11 is 0. The third-order valence-corrected chi connectivity index (χ3v) is 3.79. The van der Waals surface area contributed by atoms with E-state index < -0.39 is 17.3 Å². The number of amides is 1. The maximum absolute atomic E-state index is 12.8. The number of nitrogens with zero attached hydrogens (tertiary/aromatic N) is 1. The first kappa shape index (κ1) is 15.5. The molecule has 1 amide bonds. The predicted octanol–water partition coefficient (Wildman–Crippen LogP) is 2.75. The van der Waals surface area contributed by atoms with E-state index in [1.807, 2.05) is 45.0 Å². The molecule has 0 bridgehead atoms. The molecule has 2 rings (SSSR count). The van der Waals surface area contributed by atoms with E-state index in [1.54, 1.807) is 11.8 Å². The fourth-order valence-corrected chi connectivity index (χ4v) is 2.72. The average Bonchev–Trinajstić information content (AvgIpc) is 2.81. The second kappa shape index (κ2) is 5.88. The summed E-state index contributed by atoms with van der Waals surface area (Å²) in [5.41, 5.74) is 1.85. The molecule has 4 nitrogen and oxygen atoms in total. The average molecular weight is 289 g/mol.